The van der Waals surface area contributed by atoms with Crippen molar-refractivity contribution < 1.29 is 0 Å². The van der Waals surface area contributed by atoms with Gasteiger partial charge in [0.05, 0.1) is 6.04 Å². The Hall–Kier alpha value is -0.900. The highest BCUT2D eigenvalue weighted by atomic mass is 15.3. The molecule has 0 bridgehead atoms. The molecule has 1 atom stereocenters. The summed E-state index contributed by atoms with van der Waals surface area (Å²) in [6.07, 6.45) is 3.88. The molecule has 0 fully saturated rings. The van der Waals surface area contributed by atoms with Crippen LogP contribution in [-0.2, 0) is 6.54 Å². The van der Waals surface area contributed by atoms with Crippen molar-refractivity contribution in [2.75, 3.05) is 6.54 Å². The molecule has 0 aromatic carbocycles. The molecule has 0 aliphatic heterocycles. The van der Waals surface area contributed by atoms with E-state index < -0.39 is 0 Å². The predicted molar refractivity (Wildman–Crippen MR) is 70.8 cm³/mol. The van der Waals surface area contributed by atoms with E-state index in [1.54, 1.807) is 6.33 Å². The van der Waals surface area contributed by atoms with Gasteiger partial charge in [-0.25, -0.2) is 9.67 Å². The topological polar surface area (TPSA) is 42.7 Å². The second kappa shape index (κ2) is 6.15. The molecule has 0 saturated carbocycles. The molecule has 0 radical (unpaired) electrons. The van der Waals surface area contributed by atoms with E-state index in [9.17, 15) is 0 Å². The van der Waals surface area contributed by atoms with Gasteiger partial charge in [0.1, 0.15) is 12.2 Å². The number of aryl methyl sites for hydroxylation is 1. The fourth-order valence-corrected chi connectivity index (χ4v) is 1.95. The van der Waals surface area contributed by atoms with Crippen molar-refractivity contribution in [2.45, 2.75) is 60.0 Å². The molecule has 0 saturated heterocycles. The molecule has 0 spiro atoms. The molecule has 1 N–H and O–H groups in total. The molecule has 4 nitrogen and oxygen atoms in total. The van der Waals surface area contributed by atoms with E-state index in [4.69, 9.17) is 0 Å². The Morgan fingerprint density at radius 1 is 1.29 bits per heavy atom. The molecule has 1 heterocycles. The van der Waals surface area contributed by atoms with Gasteiger partial charge in [-0.15, -0.1) is 0 Å². The summed E-state index contributed by atoms with van der Waals surface area (Å²) in [7, 11) is 0. The van der Waals surface area contributed by atoms with Crippen LogP contribution in [0.4, 0.5) is 0 Å². The standard InChI is InChI=1S/C13H26N4/c1-6-8-14-11(13(3,4)5)12-15-10-16-17(12)9-7-2/h10-11,14H,6-9H2,1-5H3. The Morgan fingerprint density at radius 3 is 2.53 bits per heavy atom. The quantitative estimate of drug-likeness (QED) is 0.828. The summed E-state index contributed by atoms with van der Waals surface area (Å²) in [5.74, 6) is 1.06. The molecular weight excluding hydrogens is 212 g/mol. The first-order chi connectivity index (χ1) is 8.00. The van der Waals surface area contributed by atoms with Crippen LogP contribution in [-0.4, -0.2) is 21.3 Å². The molecule has 1 rings (SSSR count). The zero-order valence-electron chi connectivity index (χ0n) is 11.8. The zero-order chi connectivity index (χ0) is 12.9. The number of hydrogen-bond acceptors (Lipinski definition) is 3. The Kier molecular flexibility index (Phi) is 5.12. The van der Waals surface area contributed by atoms with Crippen LogP contribution in [0.2, 0.25) is 0 Å². The summed E-state index contributed by atoms with van der Waals surface area (Å²) in [6, 6.07) is 0.261. The van der Waals surface area contributed by atoms with E-state index in [0.29, 0.717) is 0 Å². The predicted octanol–water partition coefficient (Wildman–Crippen LogP) is 2.77. The molecule has 4 heteroatoms. The average Bonchev–Trinajstić information content (AvgIpc) is 2.66. The van der Waals surface area contributed by atoms with Crippen molar-refractivity contribution in [3.05, 3.63) is 12.2 Å². The lowest BCUT2D eigenvalue weighted by Crippen LogP contribution is -2.35. The molecule has 1 aromatic rings. The Morgan fingerprint density at radius 2 is 2.00 bits per heavy atom. The molecular formula is C13H26N4. The fraction of sp³-hybridized carbons (Fsp3) is 0.846. The minimum atomic E-state index is 0.147. The van der Waals surface area contributed by atoms with Gasteiger partial charge in [-0.2, -0.15) is 5.10 Å². The highest BCUT2D eigenvalue weighted by Crippen LogP contribution is 2.31. The van der Waals surface area contributed by atoms with Crippen molar-refractivity contribution in [1.29, 1.82) is 0 Å². The van der Waals surface area contributed by atoms with Crippen LogP contribution in [0.3, 0.4) is 0 Å². The third kappa shape index (κ3) is 3.80. The van der Waals surface area contributed by atoms with Crippen molar-refractivity contribution in [2.24, 2.45) is 5.41 Å². The maximum Gasteiger partial charge on any atom is 0.144 e. The van der Waals surface area contributed by atoms with Gasteiger partial charge < -0.3 is 5.32 Å². The molecule has 98 valence electrons. The Labute approximate surface area is 105 Å². The first-order valence-corrected chi connectivity index (χ1v) is 6.61. The van der Waals surface area contributed by atoms with Crippen molar-refractivity contribution >= 4 is 0 Å². The van der Waals surface area contributed by atoms with E-state index in [1.165, 1.54) is 0 Å². The maximum absolute atomic E-state index is 4.44. The number of aromatic nitrogens is 3. The maximum atomic E-state index is 4.44. The summed E-state index contributed by atoms with van der Waals surface area (Å²) in [5, 5.41) is 7.90. The highest BCUT2D eigenvalue weighted by molar-refractivity contribution is 5.00. The zero-order valence-corrected chi connectivity index (χ0v) is 11.8. The largest absolute Gasteiger partial charge is 0.307 e. The Bertz CT molecular complexity index is 324. The smallest absolute Gasteiger partial charge is 0.144 e. The Balaban J connectivity index is 2.91. The van der Waals surface area contributed by atoms with E-state index in [1.807, 2.05) is 4.68 Å². The van der Waals surface area contributed by atoms with Gasteiger partial charge in [0.15, 0.2) is 0 Å². The number of hydrogen-bond donors (Lipinski definition) is 1. The summed E-state index contributed by atoms with van der Waals surface area (Å²) in [5.41, 5.74) is 0.147. The lowest BCUT2D eigenvalue weighted by molar-refractivity contribution is 0.253. The van der Waals surface area contributed by atoms with Crippen molar-refractivity contribution in [3.63, 3.8) is 0 Å². The van der Waals surface area contributed by atoms with Crippen LogP contribution in [0.1, 0.15) is 59.3 Å². The van der Waals surface area contributed by atoms with Crippen LogP contribution in [0.5, 0.6) is 0 Å². The van der Waals surface area contributed by atoms with Gasteiger partial charge in [0, 0.05) is 6.54 Å². The van der Waals surface area contributed by atoms with Crippen LogP contribution in [0.15, 0.2) is 6.33 Å². The second-order valence-electron chi connectivity index (χ2n) is 5.59. The molecule has 1 unspecified atom stereocenters. The van der Waals surface area contributed by atoms with Gasteiger partial charge in [0.25, 0.3) is 0 Å². The molecule has 0 aliphatic rings. The summed E-state index contributed by atoms with van der Waals surface area (Å²) in [4.78, 5) is 4.44. The molecule has 1 aromatic heterocycles. The van der Waals surface area contributed by atoms with E-state index in [-0.39, 0.29) is 11.5 Å². The summed E-state index contributed by atoms with van der Waals surface area (Å²) in [6.45, 7) is 13.0. The monoisotopic (exact) mass is 238 g/mol. The van der Waals surface area contributed by atoms with Crippen LogP contribution in [0, 0.1) is 5.41 Å². The van der Waals surface area contributed by atoms with Crippen LogP contribution in [0.25, 0.3) is 0 Å². The van der Waals surface area contributed by atoms with Crippen LogP contribution >= 0.6 is 0 Å². The second-order valence-corrected chi connectivity index (χ2v) is 5.59. The third-order valence-corrected chi connectivity index (χ3v) is 2.80. The number of nitrogens with zero attached hydrogens (tertiary/aromatic N) is 3. The van der Waals surface area contributed by atoms with Gasteiger partial charge in [0.2, 0.25) is 0 Å². The number of nitrogens with one attached hydrogen (secondary N) is 1. The average molecular weight is 238 g/mol. The first-order valence-electron chi connectivity index (χ1n) is 6.61. The van der Waals surface area contributed by atoms with Crippen molar-refractivity contribution in [1.82, 2.24) is 20.1 Å². The van der Waals surface area contributed by atoms with Crippen molar-refractivity contribution in [3.8, 4) is 0 Å². The van der Waals surface area contributed by atoms with E-state index in [2.05, 4.69) is 50.0 Å². The first kappa shape index (κ1) is 14.2. The van der Waals surface area contributed by atoms with Gasteiger partial charge >= 0.3 is 0 Å². The van der Waals surface area contributed by atoms with E-state index in [0.717, 1.165) is 31.8 Å². The highest BCUT2D eigenvalue weighted by Gasteiger charge is 2.29. The normalized spacial score (nSPS) is 13.9. The fourth-order valence-electron chi connectivity index (χ4n) is 1.95. The van der Waals surface area contributed by atoms with Gasteiger partial charge in [-0.05, 0) is 24.8 Å². The minimum Gasteiger partial charge on any atom is -0.307 e. The number of rotatable bonds is 6. The lowest BCUT2D eigenvalue weighted by atomic mass is 9.86. The third-order valence-electron chi connectivity index (χ3n) is 2.80. The van der Waals surface area contributed by atoms with E-state index >= 15 is 0 Å². The van der Waals surface area contributed by atoms with Crippen LogP contribution < -0.4 is 5.32 Å². The minimum absolute atomic E-state index is 0.147. The SMILES string of the molecule is CCCNC(c1ncnn1CCC)C(C)(C)C. The summed E-state index contributed by atoms with van der Waals surface area (Å²) < 4.78 is 2.03. The molecule has 0 aliphatic carbocycles. The van der Waals surface area contributed by atoms with Gasteiger partial charge in [-0.3, -0.25) is 0 Å². The molecule has 0 amide bonds. The lowest BCUT2D eigenvalue weighted by Gasteiger charge is -2.31. The summed E-state index contributed by atoms with van der Waals surface area (Å²) >= 11 is 0. The van der Waals surface area contributed by atoms with Gasteiger partial charge in [-0.1, -0.05) is 34.6 Å². The molecule has 17 heavy (non-hydrogen) atoms.